The van der Waals surface area contributed by atoms with Gasteiger partial charge in [-0.05, 0) is 6.07 Å². The molecule has 0 saturated carbocycles. The minimum atomic E-state index is -0.470. The fraction of sp³-hybridized carbons (Fsp3) is 0.444. The lowest BCUT2D eigenvalue weighted by atomic mass is 10.2. The largest absolute Gasteiger partial charge is 0.467 e. The first kappa shape index (κ1) is 9.36. The molecule has 14 heavy (non-hydrogen) atoms. The first-order valence-electron chi connectivity index (χ1n) is 4.39. The number of hydrogen-bond donors (Lipinski definition) is 1. The maximum absolute atomic E-state index is 13.5. The molecule has 1 fully saturated rings. The molecule has 0 aliphatic carbocycles. The van der Waals surface area contributed by atoms with E-state index >= 15 is 0 Å². The third-order valence-electron chi connectivity index (χ3n) is 2.04. The fourth-order valence-electron chi connectivity index (χ4n) is 1.14. The molecule has 2 heterocycles. The Labute approximate surface area is 80.8 Å². The zero-order valence-electron chi connectivity index (χ0n) is 7.57. The molecule has 4 nitrogen and oxygen atoms in total. The average Bonchev–Trinajstić information content (AvgIpc) is 2.13. The van der Waals surface area contributed by atoms with Crippen molar-refractivity contribution in [3.05, 3.63) is 23.6 Å². The van der Waals surface area contributed by atoms with Gasteiger partial charge in [-0.15, -0.1) is 0 Å². The Hall–Kier alpha value is -1.20. The Morgan fingerprint density at radius 3 is 3.00 bits per heavy atom. The third kappa shape index (κ3) is 1.69. The summed E-state index contributed by atoms with van der Waals surface area (Å²) >= 11 is 0. The molecule has 0 radical (unpaired) electrons. The Bertz CT molecular complexity index is 329. The lowest BCUT2D eigenvalue weighted by Crippen LogP contribution is -2.39. The van der Waals surface area contributed by atoms with Crippen molar-refractivity contribution < 1.29 is 13.9 Å². The summed E-state index contributed by atoms with van der Waals surface area (Å²) in [5.41, 5.74) is 5.76. The Balaban J connectivity index is 2.15. The van der Waals surface area contributed by atoms with Gasteiger partial charge in [0.25, 0.3) is 5.88 Å². The van der Waals surface area contributed by atoms with Crippen molar-refractivity contribution in [1.29, 1.82) is 0 Å². The average molecular weight is 198 g/mol. The third-order valence-corrected chi connectivity index (χ3v) is 2.04. The lowest BCUT2D eigenvalue weighted by molar-refractivity contribution is -0.0827. The van der Waals surface area contributed by atoms with Crippen molar-refractivity contribution >= 4 is 0 Å². The summed E-state index contributed by atoms with van der Waals surface area (Å²) in [6, 6.07) is 1.54. The van der Waals surface area contributed by atoms with Crippen molar-refractivity contribution in [2.24, 2.45) is 5.73 Å². The number of rotatable bonds is 3. The lowest BCUT2D eigenvalue weighted by Gasteiger charge is -2.26. The molecule has 0 spiro atoms. The molecular weight excluding hydrogens is 187 g/mol. The molecule has 0 atom stereocenters. The summed E-state index contributed by atoms with van der Waals surface area (Å²) < 4.78 is 23.6. The van der Waals surface area contributed by atoms with Gasteiger partial charge in [-0.2, -0.15) is 0 Å². The summed E-state index contributed by atoms with van der Waals surface area (Å²) in [7, 11) is 0. The normalized spacial score (nSPS) is 16.4. The first-order chi connectivity index (χ1) is 6.81. The highest BCUT2D eigenvalue weighted by Crippen LogP contribution is 2.19. The maximum atomic E-state index is 13.5. The quantitative estimate of drug-likeness (QED) is 0.766. The molecule has 1 aromatic rings. The van der Waals surface area contributed by atoms with Crippen LogP contribution in [0.1, 0.15) is 5.56 Å². The van der Waals surface area contributed by atoms with Crippen LogP contribution in [0.4, 0.5) is 4.39 Å². The van der Waals surface area contributed by atoms with Gasteiger partial charge in [-0.25, -0.2) is 9.37 Å². The first-order valence-corrected chi connectivity index (χ1v) is 4.39. The van der Waals surface area contributed by atoms with Crippen LogP contribution in [0, 0.1) is 5.82 Å². The number of hydrogen-bond acceptors (Lipinski definition) is 4. The van der Waals surface area contributed by atoms with Crippen LogP contribution in [0.15, 0.2) is 12.3 Å². The van der Waals surface area contributed by atoms with E-state index in [1.165, 1.54) is 6.20 Å². The van der Waals surface area contributed by atoms with Gasteiger partial charge in [0.15, 0.2) is 5.82 Å². The molecule has 1 aromatic heterocycles. The van der Waals surface area contributed by atoms with Crippen LogP contribution in [-0.4, -0.2) is 24.3 Å². The van der Waals surface area contributed by atoms with Gasteiger partial charge in [-0.3, -0.25) is 0 Å². The van der Waals surface area contributed by atoms with Gasteiger partial charge >= 0.3 is 0 Å². The van der Waals surface area contributed by atoms with Crippen LogP contribution < -0.4 is 10.5 Å². The van der Waals surface area contributed by atoms with Crippen LogP contribution in [0.2, 0.25) is 0 Å². The van der Waals surface area contributed by atoms with E-state index in [4.69, 9.17) is 15.2 Å². The maximum Gasteiger partial charge on any atom is 0.251 e. The Morgan fingerprint density at radius 1 is 1.64 bits per heavy atom. The Morgan fingerprint density at radius 2 is 2.43 bits per heavy atom. The summed E-state index contributed by atoms with van der Waals surface area (Å²) in [6.07, 6.45) is 1.41. The minimum Gasteiger partial charge on any atom is -0.467 e. The summed E-state index contributed by atoms with van der Waals surface area (Å²) in [5.74, 6) is -0.455. The van der Waals surface area contributed by atoms with Crippen molar-refractivity contribution in [3.8, 4) is 5.88 Å². The van der Waals surface area contributed by atoms with Gasteiger partial charge < -0.3 is 15.2 Å². The SMILES string of the molecule is NCc1ccnc(OC2COC2)c1F. The van der Waals surface area contributed by atoms with E-state index in [2.05, 4.69) is 4.98 Å². The van der Waals surface area contributed by atoms with E-state index in [-0.39, 0.29) is 18.5 Å². The van der Waals surface area contributed by atoms with E-state index in [0.29, 0.717) is 18.8 Å². The minimum absolute atomic E-state index is 0.0150. The summed E-state index contributed by atoms with van der Waals surface area (Å²) in [6.45, 7) is 1.13. The van der Waals surface area contributed by atoms with Gasteiger partial charge in [0, 0.05) is 18.3 Å². The fourth-order valence-corrected chi connectivity index (χ4v) is 1.14. The van der Waals surface area contributed by atoms with Crippen molar-refractivity contribution in [3.63, 3.8) is 0 Å². The van der Waals surface area contributed by atoms with E-state index in [1.807, 2.05) is 0 Å². The predicted octanol–water partition coefficient (Wildman–Crippen LogP) is 0.457. The van der Waals surface area contributed by atoms with Gasteiger partial charge in [0.05, 0.1) is 13.2 Å². The second-order valence-electron chi connectivity index (χ2n) is 3.07. The van der Waals surface area contributed by atoms with Crippen LogP contribution in [0.5, 0.6) is 5.88 Å². The number of aromatic nitrogens is 1. The summed E-state index contributed by atoms with van der Waals surface area (Å²) in [4.78, 5) is 3.80. The highest BCUT2D eigenvalue weighted by Gasteiger charge is 2.22. The van der Waals surface area contributed by atoms with Gasteiger partial charge in [0.2, 0.25) is 0 Å². The number of ether oxygens (including phenoxy) is 2. The van der Waals surface area contributed by atoms with E-state index in [9.17, 15) is 4.39 Å². The molecular formula is C9H11FN2O2. The zero-order valence-corrected chi connectivity index (χ0v) is 7.57. The van der Waals surface area contributed by atoms with Crippen LogP contribution >= 0.6 is 0 Å². The smallest absolute Gasteiger partial charge is 0.251 e. The topological polar surface area (TPSA) is 57.4 Å². The highest BCUT2D eigenvalue weighted by molar-refractivity contribution is 5.23. The van der Waals surface area contributed by atoms with Crippen LogP contribution in [0.3, 0.4) is 0 Å². The monoisotopic (exact) mass is 198 g/mol. The molecule has 0 bridgehead atoms. The van der Waals surface area contributed by atoms with E-state index in [0.717, 1.165) is 0 Å². The van der Waals surface area contributed by atoms with E-state index < -0.39 is 5.82 Å². The van der Waals surface area contributed by atoms with Crippen molar-refractivity contribution in [2.75, 3.05) is 13.2 Å². The molecule has 1 aliphatic rings. The molecule has 0 aromatic carbocycles. The molecule has 2 N–H and O–H groups in total. The van der Waals surface area contributed by atoms with Crippen molar-refractivity contribution in [1.82, 2.24) is 4.98 Å². The number of pyridine rings is 1. The standard InChI is InChI=1S/C9H11FN2O2/c10-8-6(3-11)1-2-12-9(8)14-7-4-13-5-7/h1-2,7H,3-5,11H2. The molecule has 0 unspecified atom stereocenters. The predicted molar refractivity (Wildman–Crippen MR) is 47.3 cm³/mol. The highest BCUT2D eigenvalue weighted by atomic mass is 19.1. The molecule has 1 saturated heterocycles. The van der Waals surface area contributed by atoms with E-state index in [1.54, 1.807) is 6.07 Å². The van der Waals surface area contributed by atoms with Gasteiger partial charge in [-0.1, -0.05) is 0 Å². The number of nitrogens with two attached hydrogens (primary N) is 1. The second-order valence-corrected chi connectivity index (χ2v) is 3.07. The second kappa shape index (κ2) is 3.89. The number of nitrogens with zero attached hydrogens (tertiary/aromatic N) is 1. The molecule has 2 rings (SSSR count). The number of halogens is 1. The van der Waals surface area contributed by atoms with Crippen molar-refractivity contribution in [2.45, 2.75) is 12.6 Å². The van der Waals surface area contributed by atoms with Gasteiger partial charge in [0.1, 0.15) is 6.10 Å². The zero-order chi connectivity index (χ0) is 9.97. The molecule has 5 heteroatoms. The molecule has 76 valence electrons. The van der Waals surface area contributed by atoms with Crippen LogP contribution in [0.25, 0.3) is 0 Å². The molecule has 0 amide bonds. The summed E-state index contributed by atoms with van der Waals surface area (Å²) in [5, 5.41) is 0. The van der Waals surface area contributed by atoms with Crippen LogP contribution in [-0.2, 0) is 11.3 Å². The molecule has 1 aliphatic heterocycles. The Kier molecular flexibility index (Phi) is 2.60.